The molecular formula is C22H30N2O2. The Morgan fingerprint density at radius 1 is 0.731 bits per heavy atom. The molecule has 2 N–H and O–H groups in total. The number of methoxy groups -OCH3 is 2. The molecule has 0 aromatic heterocycles. The summed E-state index contributed by atoms with van der Waals surface area (Å²) in [7, 11) is 3.47. The molecule has 4 heteroatoms. The Hall–Kier alpha value is -2.04. The van der Waals surface area contributed by atoms with E-state index in [4.69, 9.17) is 9.47 Å². The second-order valence-electron chi connectivity index (χ2n) is 6.88. The lowest BCUT2D eigenvalue weighted by molar-refractivity contribution is 0.278. The summed E-state index contributed by atoms with van der Waals surface area (Å²) in [6, 6.07) is 17.4. The standard InChI is InChI=1S/C22H30N2O2/c1-25-21-13-7-3-9-17(21)15-23-19-11-5-6-12-20(19)24-16-18-10-4-8-14-22(18)26-2/h3-4,7-10,13-14,19-20,23-24H,5-6,11-12,15-16H2,1-2H3. The summed E-state index contributed by atoms with van der Waals surface area (Å²) < 4.78 is 10.9. The molecule has 2 atom stereocenters. The van der Waals surface area contributed by atoms with Crippen LogP contribution in [0.3, 0.4) is 0 Å². The van der Waals surface area contributed by atoms with Crippen molar-refractivity contribution < 1.29 is 9.47 Å². The van der Waals surface area contributed by atoms with E-state index >= 15 is 0 Å². The second-order valence-corrected chi connectivity index (χ2v) is 6.88. The highest BCUT2D eigenvalue weighted by molar-refractivity contribution is 5.34. The Morgan fingerprint density at radius 3 is 1.58 bits per heavy atom. The third kappa shape index (κ3) is 4.77. The normalized spacial score (nSPS) is 19.9. The van der Waals surface area contributed by atoms with Gasteiger partial charge in [0.25, 0.3) is 0 Å². The van der Waals surface area contributed by atoms with Crippen molar-refractivity contribution in [2.45, 2.75) is 50.9 Å². The highest BCUT2D eigenvalue weighted by Gasteiger charge is 2.24. The number of nitrogens with one attached hydrogen (secondary N) is 2. The molecule has 1 fully saturated rings. The van der Waals surface area contributed by atoms with Crippen molar-refractivity contribution in [2.24, 2.45) is 0 Å². The van der Waals surface area contributed by atoms with E-state index in [0.29, 0.717) is 12.1 Å². The lowest BCUT2D eigenvalue weighted by Gasteiger charge is -2.33. The molecule has 2 unspecified atom stereocenters. The molecular weight excluding hydrogens is 324 g/mol. The average molecular weight is 354 g/mol. The predicted octanol–water partition coefficient (Wildman–Crippen LogP) is 3.89. The van der Waals surface area contributed by atoms with Crippen LogP contribution in [0, 0.1) is 0 Å². The number of hydrogen-bond acceptors (Lipinski definition) is 4. The summed E-state index contributed by atoms with van der Waals surface area (Å²) in [5, 5.41) is 7.51. The number of hydrogen-bond donors (Lipinski definition) is 2. The number of rotatable bonds is 8. The minimum absolute atomic E-state index is 0.475. The summed E-state index contributed by atoms with van der Waals surface area (Å²) in [6.45, 7) is 1.67. The van der Waals surface area contributed by atoms with Crippen LogP contribution in [0.25, 0.3) is 0 Å². The van der Waals surface area contributed by atoms with Gasteiger partial charge in [-0.25, -0.2) is 0 Å². The molecule has 1 aliphatic rings. The molecule has 26 heavy (non-hydrogen) atoms. The molecule has 2 aromatic rings. The fraction of sp³-hybridized carbons (Fsp3) is 0.455. The third-order valence-electron chi connectivity index (χ3n) is 5.26. The van der Waals surface area contributed by atoms with Gasteiger partial charge in [0, 0.05) is 36.3 Å². The van der Waals surface area contributed by atoms with Gasteiger partial charge in [0.15, 0.2) is 0 Å². The lowest BCUT2D eigenvalue weighted by Crippen LogP contribution is -2.49. The third-order valence-corrected chi connectivity index (χ3v) is 5.26. The van der Waals surface area contributed by atoms with Crippen LogP contribution in [-0.2, 0) is 13.1 Å². The molecule has 0 amide bonds. The highest BCUT2D eigenvalue weighted by atomic mass is 16.5. The van der Waals surface area contributed by atoms with E-state index in [0.717, 1.165) is 24.6 Å². The van der Waals surface area contributed by atoms with Crippen LogP contribution in [-0.4, -0.2) is 26.3 Å². The SMILES string of the molecule is COc1ccccc1CNC1CCCCC1NCc1ccccc1OC. The number of ether oxygens (including phenoxy) is 2. The molecule has 0 heterocycles. The molecule has 1 aliphatic carbocycles. The maximum Gasteiger partial charge on any atom is 0.123 e. The van der Waals surface area contributed by atoms with E-state index < -0.39 is 0 Å². The van der Waals surface area contributed by atoms with Crippen LogP contribution in [0.4, 0.5) is 0 Å². The Kier molecular flexibility index (Phi) is 6.92. The van der Waals surface area contributed by atoms with Crippen LogP contribution in [0.5, 0.6) is 11.5 Å². The zero-order valence-corrected chi connectivity index (χ0v) is 15.8. The Labute approximate surface area is 156 Å². The van der Waals surface area contributed by atoms with E-state index in [1.165, 1.54) is 36.8 Å². The van der Waals surface area contributed by atoms with Gasteiger partial charge in [-0.15, -0.1) is 0 Å². The fourth-order valence-electron chi connectivity index (χ4n) is 3.80. The average Bonchev–Trinajstić information content (AvgIpc) is 2.71. The van der Waals surface area contributed by atoms with Gasteiger partial charge in [-0.3, -0.25) is 0 Å². The minimum Gasteiger partial charge on any atom is -0.496 e. The van der Waals surface area contributed by atoms with Crippen molar-refractivity contribution in [3.63, 3.8) is 0 Å². The zero-order valence-electron chi connectivity index (χ0n) is 15.8. The van der Waals surface area contributed by atoms with Crippen molar-refractivity contribution >= 4 is 0 Å². The summed E-state index contributed by atoms with van der Waals surface area (Å²) in [5.74, 6) is 1.91. The number of para-hydroxylation sites is 2. The summed E-state index contributed by atoms with van der Waals surface area (Å²) in [4.78, 5) is 0. The summed E-state index contributed by atoms with van der Waals surface area (Å²) in [6.07, 6.45) is 4.99. The molecule has 0 saturated heterocycles. The molecule has 4 nitrogen and oxygen atoms in total. The smallest absolute Gasteiger partial charge is 0.123 e. The largest absolute Gasteiger partial charge is 0.496 e. The summed E-state index contributed by atoms with van der Waals surface area (Å²) >= 11 is 0. The molecule has 0 aliphatic heterocycles. The molecule has 0 spiro atoms. The van der Waals surface area contributed by atoms with Crippen molar-refractivity contribution in [2.75, 3.05) is 14.2 Å². The maximum atomic E-state index is 5.47. The second kappa shape index (κ2) is 9.60. The van der Waals surface area contributed by atoms with E-state index in [1.807, 2.05) is 24.3 Å². The molecule has 0 radical (unpaired) electrons. The maximum absolute atomic E-state index is 5.47. The van der Waals surface area contributed by atoms with Crippen molar-refractivity contribution in [1.82, 2.24) is 10.6 Å². The van der Waals surface area contributed by atoms with Crippen LogP contribution in [0.1, 0.15) is 36.8 Å². The van der Waals surface area contributed by atoms with Crippen molar-refractivity contribution in [3.8, 4) is 11.5 Å². The lowest BCUT2D eigenvalue weighted by atomic mass is 9.90. The minimum atomic E-state index is 0.475. The van der Waals surface area contributed by atoms with Gasteiger partial charge in [-0.05, 0) is 25.0 Å². The van der Waals surface area contributed by atoms with Gasteiger partial charge in [0.2, 0.25) is 0 Å². The predicted molar refractivity (Wildman–Crippen MR) is 106 cm³/mol. The van der Waals surface area contributed by atoms with Gasteiger partial charge in [-0.2, -0.15) is 0 Å². The first-order valence-corrected chi connectivity index (χ1v) is 9.52. The van der Waals surface area contributed by atoms with E-state index in [2.05, 4.69) is 34.9 Å². The Balaban J connectivity index is 1.59. The van der Waals surface area contributed by atoms with E-state index in [1.54, 1.807) is 14.2 Å². The zero-order chi connectivity index (χ0) is 18.2. The quantitative estimate of drug-likeness (QED) is 0.755. The van der Waals surface area contributed by atoms with E-state index in [9.17, 15) is 0 Å². The van der Waals surface area contributed by atoms with E-state index in [-0.39, 0.29) is 0 Å². The molecule has 3 rings (SSSR count). The number of benzene rings is 2. The van der Waals surface area contributed by atoms with Crippen molar-refractivity contribution in [3.05, 3.63) is 59.7 Å². The van der Waals surface area contributed by atoms with Gasteiger partial charge < -0.3 is 20.1 Å². The van der Waals surface area contributed by atoms with Gasteiger partial charge in [0.1, 0.15) is 11.5 Å². The van der Waals surface area contributed by atoms with Crippen LogP contribution in [0.15, 0.2) is 48.5 Å². The first kappa shape index (κ1) is 18.7. The van der Waals surface area contributed by atoms with Gasteiger partial charge in [-0.1, -0.05) is 49.2 Å². The monoisotopic (exact) mass is 354 g/mol. The van der Waals surface area contributed by atoms with Crippen LogP contribution in [0.2, 0.25) is 0 Å². The molecule has 0 bridgehead atoms. The first-order valence-electron chi connectivity index (χ1n) is 9.52. The van der Waals surface area contributed by atoms with Crippen molar-refractivity contribution in [1.29, 1.82) is 0 Å². The fourth-order valence-corrected chi connectivity index (χ4v) is 3.80. The Morgan fingerprint density at radius 2 is 1.15 bits per heavy atom. The molecule has 140 valence electrons. The Bertz CT molecular complexity index is 630. The van der Waals surface area contributed by atoms with Gasteiger partial charge in [0.05, 0.1) is 14.2 Å². The highest BCUT2D eigenvalue weighted by Crippen LogP contribution is 2.23. The van der Waals surface area contributed by atoms with Gasteiger partial charge >= 0.3 is 0 Å². The van der Waals surface area contributed by atoms with Crippen LogP contribution >= 0.6 is 0 Å². The summed E-state index contributed by atoms with van der Waals surface area (Å²) in [5.41, 5.74) is 2.42. The first-order chi connectivity index (χ1) is 12.8. The molecule has 1 saturated carbocycles. The molecule has 2 aromatic carbocycles. The van der Waals surface area contributed by atoms with Crippen LogP contribution < -0.4 is 20.1 Å². The topological polar surface area (TPSA) is 42.5 Å².